The van der Waals surface area contributed by atoms with Gasteiger partial charge in [-0.2, -0.15) is 5.10 Å². The smallest absolute Gasteiger partial charge is 0.294 e. The zero-order valence-corrected chi connectivity index (χ0v) is 17.2. The SMILES string of the molecule is Cc1cc(=O)c(C(=O)NNC(=O)Cc2c[nH]c3ccccc23)nn1-c1ccc(Cl)cc1. The first-order valence-electron chi connectivity index (χ1n) is 9.43. The van der Waals surface area contributed by atoms with Gasteiger partial charge in [-0.25, -0.2) is 4.68 Å². The molecule has 2 amide bonds. The summed E-state index contributed by atoms with van der Waals surface area (Å²) in [7, 11) is 0. The van der Waals surface area contributed by atoms with Crippen molar-refractivity contribution < 1.29 is 9.59 Å². The lowest BCUT2D eigenvalue weighted by atomic mass is 10.1. The van der Waals surface area contributed by atoms with Crippen molar-refractivity contribution in [3.63, 3.8) is 0 Å². The molecule has 9 heteroatoms. The van der Waals surface area contributed by atoms with Gasteiger partial charge in [-0.3, -0.25) is 25.2 Å². The van der Waals surface area contributed by atoms with Gasteiger partial charge in [-0.15, -0.1) is 0 Å². The Morgan fingerprint density at radius 2 is 1.84 bits per heavy atom. The molecule has 0 saturated carbocycles. The number of hydrogen-bond donors (Lipinski definition) is 3. The standard InChI is InChI=1S/C22H18ClN5O3/c1-13-10-19(29)21(27-28(13)16-8-6-15(23)7-9-16)22(31)26-25-20(30)11-14-12-24-18-5-3-2-4-17(14)18/h2-10,12,24H,11H2,1H3,(H,25,30)(H,26,31). The number of aromatic nitrogens is 3. The Morgan fingerprint density at radius 1 is 1.10 bits per heavy atom. The molecule has 3 N–H and O–H groups in total. The number of carbonyl (C=O) groups excluding carboxylic acids is 2. The molecule has 0 saturated heterocycles. The fourth-order valence-corrected chi connectivity index (χ4v) is 3.36. The van der Waals surface area contributed by atoms with E-state index in [1.54, 1.807) is 37.4 Å². The maximum atomic E-state index is 12.5. The van der Waals surface area contributed by atoms with E-state index in [0.717, 1.165) is 16.5 Å². The van der Waals surface area contributed by atoms with Crippen LogP contribution in [0.15, 0.2) is 65.6 Å². The topological polar surface area (TPSA) is 109 Å². The molecule has 2 aromatic heterocycles. The molecular formula is C22H18ClN5O3. The lowest BCUT2D eigenvalue weighted by molar-refractivity contribution is -0.121. The zero-order valence-electron chi connectivity index (χ0n) is 16.5. The fraction of sp³-hybridized carbons (Fsp3) is 0.0909. The molecule has 31 heavy (non-hydrogen) atoms. The maximum Gasteiger partial charge on any atom is 0.294 e. The van der Waals surface area contributed by atoms with E-state index in [1.165, 1.54) is 10.7 Å². The molecular weight excluding hydrogens is 418 g/mol. The number of amides is 2. The molecule has 0 aliphatic rings. The third-order valence-corrected chi connectivity index (χ3v) is 4.99. The normalized spacial score (nSPS) is 10.8. The third-order valence-electron chi connectivity index (χ3n) is 4.74. The van der Waals surface area contributed by atoms with Gasteiger partial charge in [0.05, 0.1) is 12.1 Å². The number of nitrogens with zero attached hydrogens (tertiary/aromatic N) is 2. The van der Waals surface area contributed by atoms with Crippen LogP contribution in [0.1, 0.15) is 21.7 Å². The predicted octanol–water partition coefficient (Wildman–Crippen LogP) is 2.68. The number of H-pyrrole nitrogens is 1. The molecule has 0 aliphatic heterocycles. The number of aromatic amines is 1. The number of halogens is 1. The first-order valence-corrected chi connectivity index (χ1v) is 9.81. The van der Waals surface area contributed by atoms with Gasteiger partial charge < -0.3 is 4.98 Å². The molecule has 8 nitrogen and oxygen atoms in total. The van der Waals surface area contributed by atoms with Crippen molar-refractivity contribution in [1.82, 2.24) is 25.6 Å². The molecule has 0 fully saturated rings. The predicted molar refractivity (Wildman–Crippen MR) is 117 cm³/mol. The largest absolute Gasteiger partial charge is 0.361 e. The highest BCUT2D eigenvalue weighted by molar-refractivity contribution is 6.30. The molecule has 2 aromatic carbocycles. The first-order chi connectivity index (χ1) is 14.9. The second-order valence-electron chi connectivity index (χ2n) is 6.93. The van der Waals surface area contributed by atoms with Crippen LogP contribution in [0, 0.1) is 6.92 Å². The Balaban J connectivity index is 1.48. The van der Waals surface area contributed by atoms with Gasteiger partial charge in [0.1, 0.15) is 0 Å². The summed E-state index contributed by atoms with van der Waals surface area (Å²) in [5.74, 6) is -1.23. The minimum absolute atomic E-state index is 0.0562. The number of para-hydroxylation sites is 1. The number of benzene rings is 2. The van der Waals surface area contributed by atoms with Crippen LogP contribution in [-0.2, 0) is 11.2 Å². The van der Waals surface area contributed by atoms with Crippen molar-refractivity contribution in [3.8, 4) is 5.69 Å². The minimum atomic E-state index is -0.806. The third kappa shape index (κ3) is 4.34. The van der Waals surface area contributed by atoms with Crippen LogP contribution in [-0.4, -0.2) is 26.6 Å². The summed E-state index contributed by atoms with van der Waals surface area (Å²) < 4.78 is 1.46. The van der Waals surface area contributed by atoms with Crippen LogP contribution in [0.2, 0.25) is 5.02 Å². The lowest BCUT2D eigenvalue weighted by Crippen LogP contribution is -2.44. The average Bonchev–Trinajstić information content (AvgIpc) is 3.16. The lowest BCUT2D eigenvalue weighted by Gasteiger charge is -2.12. The Labute approximate surface area is 181 Å². The molecule has 0 spiro atoms. The Kier molecular flexibility index (Phi) is 5.55. The molecule has 0 unspecified atom stereocenters. The summed E-state index contributed by atoms with van der Waals surface area (Å²) in [6.07, 6.45) is 1.80. The van der Waals surface area contributed by atoms with Crippen LogP contribution < -0.4 is 16.3 Å². The minimum Gasteiger partial charge on any atom is -0.361 e. The van der Waals surface area contributed by atoms with Gasteiger partial charge in [-0.05, 0) is 42.8 Å². The Bertz CT molecular complexity index is 1340. The van der Waals surface area contributed by atoms with E-state index in [0.29, 0.717) is 16.4 Å². The van der Waals surface area contributed by atoms with E-state index < -0.39 is 17.2 Å². The first kappa shape index (κ1) is 20.4. The van der Waals surface area contributed by atoms with Gasteiger partial charge in [-0.1, -0.05) is 29.8 Å². The van der Waals surface area contributed by atoms with Crippen molar-refractivity contribution in [2.45, 2.75) is 13.3 Å². The van der Waals surface area contributed by atoms with Gasteiger partial charge in [0.25, 0.3) is 5.91 Å². The molecule has 0 radical (unpaired) electrons. The van der Waals surface area contributed by atoms with Crippen LogP contribution in [0.25, 0.3) is 16.6 Å². The van der Waals surface area contributed by atoms with Gasteiger partial charge in [0, 0.05) is 33.9 Å². The Morgan fingerprint density at radius 3 is 2.61 bits per heavy atom. The molecule has 0 atom stereocenters. The van der Waals surface area contributed by atoms with E-state index in [2.05, 4.69) is 20.9 Å². The molecule has 156 valence electrons. The van der Waals surface area contributed by atoms with Crippen molar-refractivity contribution in [2.75, 3.05) is 0 Å². The summed E-state index contributed by atoms with van der Waals surface area (Å²) in [6.45, 7) is 1.70. The Hall–Kier alpha value is -3.91. The highest BCUT2D eigenvalue weighted by atomic mass is 35.5. The number of rotatable bonds is 4. The van der Waals surface area contributed by atoms with Crippen molar-refractivity contribution in [2.24, 2.45) is 0 Å². The molecule has 4 aromatic rings. The summed E-state index contributed by atoms with van der Waals surface area (Å²) in [5, 5.41) is 5.64. The molecule has 4 rings (SSSR count). The summed E-state index contributed by atoms with van der Waals surface area (Å²) >= 11 is 5.91. The highest BCUT2D eigenvalue weighted by Crippen LogP contribution is 2.18. The monoisotopic (exact) mass is 435 g/mol. The van der Waals surface area contributed by atoms with E-state index in [1.807, 2.05) is 24.3 Å². The molecule has 0 aliphatic carbocycles. The van der Waals surface area contributed by atoms with Gasteiger partial charge in [0.2, 0.25) is 11.3 Å². The van der Waals surface area contributed by atoms with Crippen LogP contribution in [0.4, 0.5) is 0 Å². The summed E-state index contributed by atoms with van der Waals surface area (Å²) in [6, 6.07) is 15.7. The molecule has 0 bridgehead atoms. The number of hydrogen-bond acceptors (Lipinski definition) is 4. The van der Waals surface area contributed by atoms with E-state index >= 15 is 0 Å². The van der Waals surface area contributed by atoms with Gasteiger partial charge >= 0.3 is 0 Å². The van der Waals surface area contributed by atoms with Crippen LogP contribution in [0.5, 0.6) is 0 Å². The zero-order chi connectivity index (χ0) is 22.0. The highest BCUT2D eigenvalue weighted by Gasteiger charge is 2.17. The number of aryl methyl sites for hydroxylation is 1. The average molecular weight is 436 g/mol. The van der Waals surface area contributed by atoms with E-state index in [-0.39, 0.29) is 12.1 Å². The van der Waals surface area contributed by atoms with Gasteiger partial charge in [0.15, 0.2) is 5.69 Å². The second kappa shape index (κ2) is 8.45. The second-order valence-corrected chi connectivity index (χ2v) is 7.36. The van der Waals surface area contributed by atoms with Crippen molar-refractivity contribution in [3.05, 3.63) is 93.0 Å². The maximum absolute atomic E-state index is 12.5. The van der Waals surface area contributed by atoms with Crippen molar-refractivity contribution in [1.29, 1.82) is 0 Å². The van der Waals surface area contributed by atoms with E-state index in [9.17, 15) is 14.4 Å². The number of nitrogens with one attached hydrogen (secondary N) is 3. The summed E-state index contributed by atoms with van der Waals surface area (Å²) in [4.78, 5) is 40.2. The summed E-state index contributed by atoms with van der Waals surface area (Å²) in [5.41, 5.74) is 6.60. The number of hydrazine groups is 1. The van der Waals surface area contributed by atoms with Crippen LogP contribution in [0.3, 0.4) is 0 Å². The van der Waals surface area contributed by atoms with E-state index in [4.69, 9.17) is 11.6 Å². The number of carbonyl (C=O) groups is 2. The number of fused-ring (bicyclic) bond motifs is 1. The van der Waals surface area contributed by atoms with Crippen LogP contribution >= 0.6 is 11.6 Å². The van der Waals surface area contributed by atoms with Crippen molar-refractivity contribution >= 4 is 34.3 Å². The quantitative estimate of drug-likeness (QED) is 0.428. The fourth-order valence-electron chi connectivity index (χ4n) is 3.23. The molecule has 2 heterocycles.